The predicted octanol–water partition coefficient (Wildman–Crippen LogP) is -0.301. The van der Waals surface area contributed by atoms with Crippen LogP contribution in [0, 0.1) is 0 Å². The number of hydrogen-bond donors (Lipinski definition) is 4. The molecule has 1 aliphatic rings. The van der Waals surface area contributed by atoms with Crippen LogP contribution >= 0.6 is 0 Å². The molecule has 8 nitrogen and oxygen atoms in total. The highest BCUT2D eigenvalue weighted by atomic mass is 16.4. The van der Waals surface area contributed by atoms with Gasteiger partial charge in [0.1, 0.15) is 6.04 Å². The molecule has 0 unspecified atom stereocenters. The Morgan fingerprint density at radius 1 is 1.20 bits per heavy atom. The zero-order valence-electron chi connectivity index (χ0n) is 11.3. The average molecular weight is 287 g/mol. The SMILES string of the molecule is O=C(O)CCC[C@@H](NC(=O)N1CCCNCC1)C(=O)O. The second-order valence-electron chi connectivity index (χ2n) is 4.72. The van der Waals surface area contributed by atoms with Crippen LogP contribution in [-0.2, 0) is 9.59 Å². The van der Waals surface area contributed by atoms with Crippen molar-refractivity contribution in [2.24, 2.45) is 0 Å². The van der Waals surface area contributed by atoms with Gasteiger partial charge >= 0.3 is 18.0 Å². The van der Waals surface area contributed by atoms with Crippen LogP contribution in [0.5, 0.6) is 0 Å². The number of carbonyl (C=O) groups excluding carboxylic acids is 1. The fourth-order valence-electron chi connectivity index (χ4n) is 2.00. The summed E-state index contributed by atoms with van der Waals surface area (Å²) in [5, 5.41) is 23.2. The van der Waals surface area contributed by atoms with E-state index >= 15 is 0 Å². The summed E-state index contributed by atoms with van der Waals surface area (Å²) in [6, 6.07) is -1.45. The first kappa shape index (κ1) is 16.2. The van der Waals surface area contributed by atoms with Crippen molar-refractivity contribution in [3.8, 4) is 0 Å². The van der Waals surface area contributed by atoms with E-state index in [0.717, 1.165) is 13.0 Å². The Balaban J connectivity index is 2.44. The zero-order chi connectivity index (χ0) is 15.0. The third kappa shape index (κ3) is 5.87. The number of hydrogen-bond acceptors (Lipinski definition) is 4. The van der Waals surface area contributed by atoms with Gasteiger partial charge in [-0.1, -0.05) is 0 Å². The normalized spacial score (nSPS) is 17.1. The van der Waals surface area contributed by atoms with E-state index in [9.17, 15) is 14.4 Å². The topological polar surface area (TPSA) is 119 Å². The molecule has 20 heavy (non-hydrogen) atoms. The van der Waals surface area contributed by atoms with Crippen LogP contribution in [0.1, 0.15) is 25.7 Å². The molecule has 0 spiro atoms. The molecular formula is C12H21N3O5. The summed E-state index contributed by atoms with van der Waals surface area (Å²) in [6.07, 6.45) is 1.05. The molecule has 1 saturated heterocycles. The van der Waals surface area contributed by atoms with Gasteiger partial charge in [-0.3, -0.25) is 4.79 Å². The first-order valence-corrected chi connectivity index (χ1v) is 6.71. The minimum atomic E-state index is -1.14. The van der Waals surface area contributed by atoms with Gasteiger partial charge in [0.25, 0.3) is 0 Å². The largest absolute Gasteiger partial charge is 0.481 e. The lowest BCUT2D eigenvalue weighted by molar-refractivity contribution is -0.140. The highest BCUT2D eigenvalue weighted by molar-refractivity contribution is 5.82. The smallest absolute Gasteiger partial charge is 0.326 e. The zero-order valence-corrected chi connectivity index (χ0v) is 11.3. The minimum absolute atomic E-state index is 0.104. The van der Waals surface area contributed by atoms with E-state index in [1.807, 2.05) is 0 Å². The number of nitrogens with zero attached hydrogens (tertiary/aromatic N) is 1. The maximum absolute atomic E-state index is 12.0. The van der Waals surface area contributed by atoms with Crippen molar-refractivity contribution in [2.45, 2.75) is 31.7 Å². The third-order valence-electron chi connectivity index (χ3n) is 3.11. The van der Waals surface area contributed by atoms with Gasteiger partial charge in [-0.25, -0.2) is 9.59 Å². The van der Waals surface area contributed by atoms with Gasteiger partial charge in [0.05, 0.1) is 0 Å². The summed E-state index contributed by atoms with van der Waals surface area (Å²) in [6.45, 7) is 2.64. The Morgan fingerprint density at radius 2 is 1.95 bits per heavy atom. The Labute approximate surface area is 117 Å². The first-order chi connectivity index (χ1) is 9.50. The van der Waals surface area contributed by atoms with Crippen molar-refractivity contribution in [2.75, 3.05) is 26.2 Å². The number of carbonyl (C=O) groups is 3. The molecule has 0 radical (unpaired) electrons. The number of urea groups is 1. The second-order valence-corrected chi connectivity index (χ2v) is 4.72. The van der Waals surface area contributed by atoms with E-state index in [0.29, 0.717) is 19.6 Å². The summed E-state index contributed by atoms with van der Waals surface area (Å²) in [5.74, 6) is -2.12. The molecular weight excluding hydrogens is 266 g/mol. The fourth-order valence-corrected chi connectivity index (χ4v) is 2.00. The van der Waals surface area contributed by atoms with Crippen molar-refractivity contribution in [3.05, 3.63) is 0 Å². The molecule has 4 N–H and O–H groups in total. The lowest BCUT2D eigenvalue weighted by Gasteiger charge is -2.23. The first-order valence-electron chi connectivity index (χ1n) is 6.71. The lowest BCUT2D eigenvalue weighted by Crippen LogP contribution is -2.48. The molecule has 0 saturated carbocycles. The number of rotatable bonds is 6. The van der Waals surface area contributed by atoms with Crippen LogP contribution in [0.15, 0.2) is 0 Å². The maximum atomic E-state index is 12.0. The highest BCUT2D eigenvalue weighted by Crippen LogP contribution is 2.04. The van der Waals surface area contributed by atoms with Gasteiger partial charge in [0.15, 0.2) is 0 Å². The molecule has 0 aromatic heterocycles. The van der Waals surface area contributed by atoms with Gasteiger partial charge in [0.2, 0.25) is 0 Å². The number of amides is 2. The fraction of sp³-hybridized carbons (Fsp3) is 0.750. The molecule has 1 fully saturated rings. The van der Waals surface area contributed by atoms with Crippen LogP contribution in [-0.4, -0.2) is 65.3 Å². The van der Waals surface area contributed by atoms with E-state index in [1.54, 1.807) is 4.90 Å². The van der Waals surface area contributed by atoms with Crippen LogP contribution in [0.3, 0.4) is 0 Å². The number of aliphatic carboxylic acids is 2. The summed E-state index contributed by atoms with van der Waals surface area (Å²) >= 11 is 0. The van der Waals surface area contributed by atoms with Crippen LogP contribution in [0.25, 0.3) is 0 Å². The Hall–Kier alpha value is -1.83. The monoisotopic (exact) mass is 287 g/mol. The van der Waals surface area contributed by atoms with E-state index in [-0.39, 0.29) is 19.3 Å². The molecule has 0 aliphatic carbocycles. The molecule has 0 bridgehead atoms. The molecule has 1 aliphatic heterocycles. The average Bonchev–Trinajstić information content (AvgIpc) is 2.65. The second kappa shape index (κ2) is 8.36. The number of carboxylic acids is 2. The van der Waals surface area contributed by atoms with Gasteiger partial charge < -0.3 is 25.7 Å². The van der Waals surface area contributed by atoms with Gasteiger partial charge in [-0.15, -0.1) is 0 Å². The summed E-state index contributed by atoms with van der Waals surface area (Å²) in [5.41, 5.74) is 0. The molecule has 1 heterocycles. The number of carboxylic acid groups (broad SMARTS) is 2. The molecule has 2 amide bonds. The minimum Gasteiger partial charge on any atom is -0.481 e. The van der Waals surface area contributed by atoms with Crippen molar-refractivity contribution in [1.29, 1.82) is 0 Å². The molecule has 0 aromatic carbocycles. The maximum Gasteiger partial charge on any atom is 0.326 e. The third-order valence-corrected chi connectivity index (χ3v) is 3.11. The molecule has 1 rings (SSSR count). The van der Waals surface area contributed by atoms with Crippen molar-refractivity contribution >= 4 is 18.0 Å². The standard InChI is InChI=1S/C12H21N3O5/c16-10(17)4-1-3-9(11(18)19)14-12(20)15-7-2-5-13-6-8-15/h9,13H,1-8H2,(H,14,20)(H,16,17)(H,18,19)/t9-/m1/s1. The van der Waals surface area contributed by atoms with E-state index in [4.69, 9.17) is 10.2 Å². The van der Waals surface area contributed by atoms with E-state index < -0.39 is 24.0 Å². The Kier molecular flexibility index (Phi) is 6.78. The molecule has 0 aromatic rings. The Morgan fingerprint density at radius 3 is 2.60 bits per heavy atom. The molecule has 8 heteroatoms. The van der Waals surface area contributed by atoms with Gasteiger partial charge in [0, 0.05) is 26.1 Å². The van der Waals surface area contributed by atoms with Crippen LogP contribution in [0.4, 0.5) is 4.79 Å². The van der Waals surface area contributed by atoms with Gasteiger partial charge in [-0.05, 0) is 25.8 Å². The number of nitrogens with one attached hydrogen (secondary N) is 2. The van der Waals surface area contributed by atoms with Crippen LogP contribution in [0.2, 0.25) is 0 Å². The molecule has 1 atom stereocenters. The summed E-state index contributed by atoms with van der Waals surface area (Å²) < 4.78 is 0. The highest BCUT2D eigenvalue weighted by Gasteiger charge is 2.23. The summed E-state index contributed by atoms with van der Waals surface area (Å²) in [7, 11) is 0. The van der Waals surface area contributed by atoms with Crippen LogP contribution < -0.4 is 10.6 Å². The predicted molar refractivity (Wildman–Crippen MR) is 70.5 cm³/mol. The van der Waals surface area contributed by atoms with Crippen molar-refractivity contribution < 1.29 is 24.6 Å². The van der Waals surface area contributed by atoms with E-state index in [1.165, 1.54) is 0 Å². The lowest BCUT2D eigenvalue weighted by atomic mass is 10.1. The van der Waals surface area contributed by atoms with E-state index in [2.05, 4.69) is 10.6 Å². The van der Waals surface area contributed by atoms with Crippen molar-refractivity contribution in [3.63, 3.8) is 0 Å². The van der Waals surface area contributed by atoms with Gasteiger partial charge in [-0.2, -0.15) is 0 Å². The molecule has 114 valence electrons. The quantitative estimate of drug-likeness (QED) is 0.532. The van der Waals surface area contributed by atoms with Crippen molar-refractivity contribution in [1.82, 2.24) is 15.5 Å². The Bertz CT molecular complexity index is 353. The summed E-state index contributed by atoms with van der Waals surface area (Å²) in [4.78, 5) is 35.0.